The van der Waals surface area contributed by atoms with Crippen molar-refractivity contribution in [3.8, 4) is 0 Å². The minimum Gasteiger partial charge on any atom is -0.343 e. The smallest absolute Gasteiger partial charge is 0.242 e. The van der Waals surface area contributed by atoms with E-state index in [0.717, 1.165) is 23.9 Å². The molecule has 0 aliphatic carbocycles. The molecule has 1 amide bonds. The molecule has 0 radical (unpaired) electrons. The first-order valence-electron chi connectivity index (χ1n) is 7.39. The molecule has 0 saturated carbocycles. The van der Waals surface area contributed by atoms with Crippen LogP contribution >= 0.6 is 0 Å². The van der Waals surface area contributed by atoms with Crippen LogP contribution in [0.15, 0.2) is 47.4 Å². The molecule has 2 aromatic heterocycles. The molecule has 1 saturated heterocycles. The number of fused-ring (bicyclic) bond motifs is 1. The first-order chi connectivity index (χ1) is 10.8. The summed E-state index contributed by atoms with van der Waals surface area (Å²) >= 11 is 0. The van der Waals surface area contributed by atoms with E-state index in [2.05, 4.69) is 16.2 Å². The molecule has 112 valence electrons. The van der Waals surface area contributed by atoms with Crippen molar-refractivity contribution in [2.24, 2.45) is 0 Å². The van der Waals surface area contributed by atoms with Crippen LogP contribution < -0.4 is 0 Å². The summed E-state index contributed by atoms with van der Waals surface area (Å²) in [7, 11) is 0. The summed E-state index contributed by atoms with van der Waals surface area (Å²) in [6.07, 6.45) is 4.19. The predicted molar refractivity (Wildman–Crippen MR) is 80.2 cm³/mol. The zero-order valence-corrected chi connectivity index (χ0v) is 12.1. The molecular weight excluding hydrogens is 280 g/mol. The second-order valence-corrected chi connectivity index (χ2v) is 5.62. The van der Waals surface area contributed by atoms with Crippen molar-refractivity contribution in [2.45, 2.75) is 18.9 Å². The van der Waals surface area contributed by atoms with E-state index < -0.39 is 0 Å². The number of hydrogen-bond acceptors (Lipinski definition) is 4. The van der Waals surface area contributed by atoms with Crippen molar-refractivity contribution in [3.63, 3.8) is 0 Å². The van der Waals surface area contributed by atoms with E-state index in [4.69, 9.17) is 4.52 Å². The van der Waals surface area contributed by atoms with Crippen LogP contribution in [0.3, 0.4) is 0 Å². The highest BCUT2D eigenvalue weighted by molar-refractivity contribution is 5.83. The van der Waals surface area contributed by atoms with Crippen LogP contribution in [0.1, 0.15) is 18.2 Å². The average Bonchev–Trinajstić information content (AvgIpc) is 3.28. The molecule has 1 atom stereocenters. The van der Waals surface area contributed by atoms with Crippen molar-refractivity contribution >= 4 is 16.8 Å². The Balaban J connectivity index is 1.47. The van der Waals surface area contributed by atoms with Crippen LogP contribution in [0.5, 0.6) is 0 Å². The van der Waals surface area contributed by atoms with E-state index in [9.17, 15) is 4.79 Å². The minimum absolute atomic E-state index is 0.132. The summed E-state index contributed by atoms with van der Waals surface area (Å²) in [6.45, 7) is 1.78. The number of likely N-dealkylation sites (tertiary alicyclic amines) is 1. The highest BCUT2D eigenvalue weighted by atomic mass is 16.5. The van der Waals surface area contributed by atoms with Gasteiger partial charge in [-0.05, 0) is 23.9 Å². The summed E-state index contributed by atoms with van der Waals surface area (Å²) in [4.78, 5) is 18.5. The molecule has 0 spiro atoms. The van der Waals surface area contributed by atoms with Gasteiger partial charge in [0.2, 0.25) is 12.3 Å². The lowest BCUT2D eigenvalue weighted by atomic mass is 10.1. The van der Waals surface area contributed by atoms with Crippen LogP contribution in [-0.4, -0.2) is 38.6 Å². The lowest BCUT2D eigenvalue weighted by Crippen LogP contribution is -2.31. The molecule has 0 unspecified atom stereocenters. The Morgan fingerprint density at radius 3 is 3.09 bits per heavy atom. The first-order valence-corrected chi connectivity index (χ1v) is 7.39. The van der Waals surface area contributed by atoms with Gasteiger partial charge in [0, 0.05) is 30.7 Å². The topological polar surface area (TPSA) is 64.2 Å². The molecule has 4 rings (SSSR count). The van der Waals surface area contributed by atoms with E-state index in [0.29, 0.717) is 18.9 Å². The second-order valence-electron chi connectivity index (χ2n) is 5.62. The third-order valence-corrected chi connectivity index (χ3v) is 4.27. The normalized spacial score (nSPS) is 18.2. The molecule has 0 N–H and O–H groups in total. The van der Waals surface area contributed by atoms with Crippen LogP contribution in [0, 0.1) is 0 Å². The number of benzene rings is 1. The fourth-order valence-corrected chi connectivity index (χ4v) is 3.08. The highest BCUT2D eigenvalue weighted by Gasteiger charge is 2.29. The Bertz CT molecular complexity index is 793. The van der Waals surface area contributed by atoms with E-state index in [1.54, 1.807) is 0 Å². The molecule has 6 heteroatoms. The molecule has 1 aliphatic heterocycles. The van der Waals surface area contributed by atoms with E-state index in [-0.39, 0.29) is 11.8 Å². The molecule has 3 aromatic rings. The van der Waals surface area contributed by atoms with Crippen molar-refractivity contribution in [1.29, 1.82) is 0 Å². The van der Waals surface area contributed by atoms with Crippen molar-refractivity contribution in [2.75, 3.05) is 13.1 Å². The van der Waals surface area contributed by atoms with Crippen LogP contribution in [-0.2, 0) is 11.3 Å². The summed E-state index contributed by atoms with van der Waals surface area (Å²) in [6, 6.07) is 10.1. The van der Waals surface area contributed by atoms with Gasteiger partial charge >= 0.3 is 0 Å². The Kier molecular flexibility index (Phi) is 3.14. The Hall–Kier alpha value is -2.63. The number of para-hydroxylation sites is 1. The van der Waals surface area contributed by atoms with Crippen LogP contribution in [0.4, 0.5) is 0 Å². The number of nitrogens with zero attached hydrogens (tertiary/aromatic N) is 4. The number of amides is 1. The molecule has 6 nitrogen and oxygen atoms in total. The van der Waals surface area contributed by atoms with E-state index in [1.165, 1.54) is 6.39 Å². The van der Waals surface area contributed by atoms with Gasteiger partial charge in [0.1, 0.15) is 6.54 Å². The van der Waals surface area contributed by atoms with Gasteiger partial charge in [-0.3, -0.25) is 4.79 Å². The van der Waals surface area contributed by atoms with Crippen LogP contribution in [0.25, 0.3) is 10.9 Å². The van der Waals surface area contributed by atoms with Gasteiger partial charge in [-0.1, -0.05) is 23.4 Å². The number of rotatable bonds is 3. The highest BCUT2D eigenvalue weighted by Crippen LogP contribution is 2.25. The number of carbonyl (C=O) groups is 1. The van der Waals surface area contributed by atoms with Gasteiger partial charge in [-0.25, -0.2) is 0 Å². The quantitative estimate of drug-likeness (QED) is 0.742. The van der Waals surface area contributed by atoms with Gasteiger partial charge in [0.15, 0.2) is 5.82 Å². The lowest BCUT2D eigenvalue weighted by molar-refractivity contribution is -0.130. The lowest BCUT2D eigenvalue weighted by Gasteiger charge is -2.16. The summed E-state index contributed by atoms with van der Waals surface area (Å²) in [5, 5.41) is 5.03. The number of carbonyl (C=O) groups excluding carboxylic acids is 1. The minimum atomic E-state index is 0.132. The molecule has 22 heavy (non-hydrogen) atoms. The Labute approximate surface area is 127 Å². The largest absolute Gasteiger partial charge is 0.343 e. The van der Waals surface area contributed by atoms with Crippen LogP contribution in [0.2, 0.25) is 0 Å². The third kappa shape index (κ3) is 2.26. The molecule has 0 bridgehead atoms. The summed E-state index contributed by atoms with van der Waals surface area (Å²) in [5.41, 5.74) is 1.09. The standard InChI is InChI=1S/C16H16N4O2/c21-15(10-19-7-5-12-3-1-2-4-14(12)19)20-8-6-13(9-20)16-17-11-22-18-16/h1-5,7,11,13H,6,8-10H2/t13-/m0/s1. The summed E-state index contributed by atoms with van der Waals surface area (Å²) < 4.78 is 6.79. The van der Waals surface area contributed by atoms with Gasteiger partial charge in [0.25, 0.3) is 0 Å². The zero-order valence-electron chi connectivity index (χ0n) is 12.1. The first kappa shape index (κ1) is 13.1. The van der Waals surface area contributed by atoms with Gasteiger partial charge in [0.05, 0.1) is 0 Å². The molecule has 1 aromatic carbocycles. The SMILES string of the molecule is O=C(Cn1ccc2ccccc21)N1CC[C@H](c2ncon2)C1. The Morgan fingerprint density at radius 2 is 2.23 bits per heavy atom. The number of aromatic nitrogens is 3. The third-order valence-electron chi connectivity index (χ3n) is 4.27. The maximum Gasteiger partial charge on any atom is 0.242 e. The Morgan fingerprint density at radius 1 is 1.32 bits per heavy atom. The molecular formula is C16H16N4O2. The predicted octanol–water partition coefficient (Wildman–Crippen LogP) is 2.04. The number of hydrogen-bond donors (Lipinski definition) is 0. The van der Waals surface area contributed by atoms with Gasteiger partial charge in [-0.2, -0.15) is 4.98 Å². The summed E-state index contributed by atoms with van der Waals surface area (Å²) in [5.74, 6) is 1.01. The van der Waals surface area contributed by atoms with E-state index >= 15 is 0 Å². The van der Waals surface area contributed by atoms with Gasteiger partial charge in [-0.15, -0.1) is 0 Å². The second kappa shape index (κ2) is 5.29. The van der Waals surface area contributed by atoms with Gasteiger partial charge < -0.3 is 14.0 Å². The molecule has 1 aliphatic rings. The monoisotopic (exact) mass is 296 g/mol. The maximum atomic E-state index is 12.5. The zero-order chi connectivity index (χ0) is 14.9. The fourth-order valence-electron chi connectivity index (χ4n) is 3.08. The fraction of sp³-hybridized carbons (Fsp3) is 0.312. The van der Waals surface area contributed by atoms with E-state index in [1.807, 2.05) is 39.9 Å². The molecule has 3 heterocycles. The van der Waals surface area contributed by atoms with Crippen molar-refractivity contribution in [1.82, 2.24) is 19.6 Å². The van der Waals surface area contributed by atoms with Crippen molar-refractivity contribution in [3.05, 3.63) is 48.7 Å². The molecule has 1 fully saturated rings. The van der Waals surface area contributed by atoms with Crippen molar-refractivity contribution < 1.29 is 9.32 Å². The maximum absolute atomic E-state index is 12.5. The average molecular weight is 296 g/mol.